The van der Waals surface area contributed by atoms with Crippen LogP contribution >= 0.6 is 0 Å². The molecule has 0 unspecified atom stereocenters. The van der Waals surface area contributed by atoms with Gasteiger partial charge in [-0.2, -0.15) is 10.5 Å². The number of nitrogens with one attached hydrogen (secondary N) is 1. The molecule has 68 valence electrons. The number of hydrogen-bond donors (Lipinski definition) is 1. The number of nitriles is 2. The molecule has 0 rings (SSSR count). The van der Waals surface area contributed by atoms with Crippen molar-refractivity contribution < 1.29 is 34.4 Å². The molecule has 0 aromatic rings. The van der Waals surface area contributed by atoms with Crippen LogP contribution in [0.25, 0.3) is 0 Å². The van der Waals surface area contributed by atoms with Crippen LogP contribution in [0.5, 0.6) is 0 Å². The van der Waals surface area contributed by atoms with Crippen molar-refractivity contribution in [3.05, 3.63) is 10.6 Å². The van der Waals surface area contributed by atoms with Gasteiger partial charge >= 0.3 is 35.6 Å². The number of hydrogen-bond acceptors (Lipinski definition) is 4. The molecule has 0 radical (unpaired) electrons. The van der Waals surface area contributed by atoms with E-state index in [4.69, 9.17) is 10.5 Å². The largest absolute Gasteiger partial charge is 1.00 e. The van der Waals surface area contributed by atoms with E-state index >= 15 is 0 Å². The molecule has 0 aromatic carbocycles. The van der Waals surface area contributed by atoms with Gasteiger partial charge in [0.1, 0.15) is 17.7 Å². The van der Waals surface area contributed by atoms with Crippen molar-refractivity contribution in [1.82, 2.24) is 10.2 Å². The summed E-state index contributed by atoms with van der Waals surface area (Å²) in [6.07, 6.45) is 0. The van der Waals surface area contributed by atoms with E-state index in [2.05, 4.69) is 17.9 Å². The normalized spacial score (nSPS) is 7.14. The molecule has 0 spiro atoms. The fourth-order valence-electron chi connectivity index (χ4n) is 0.398. The van der Waals surface area contributed by atoms with E-state index in [1.165, 1.54) is 19.0 Å². The van der Waals surface area contributed by atoms with E-state index in [9.17, 15) is 4.79 Å². The number of rotatable bonds is 1. The third-order valence-electron chi connectivity index (χ3n) is 1.08. The summed E-state index contributed by atoms with van der Waals surface area (Å²) >= 11 is 4.63. The first-order valence-electron chi connectivity index (χ1n) is 3.22. The van der Waals surface area contributed by atoms with Crippen LogP contribution < -0.4 is 34.9 Å². The molecule has 5 nitrogen and oxygen atoms in total. The van der Waals surface area contributed by atoms with Crippen molar-refractivity contribution in [2.24, 2.45) is 0 Å². The predicted molar refractivity (Wildman–Crippen MR) is 47.8 cm³/mol. The molecule has 1 N–H and O–H groups in total. The van der Waals surface area contributed by atoms with Crippen molar-refractivity contribution in [3.8, 4) is 12.1 Å². The fourth-order valence-corrected chi connectivity index (χ4v) is 0.577. The van der Waals surface area contributed by atoms with E-state index in [0.29, 0.717) is 0 Å². The monoisotopic (exact) mass is 218 g/mol. The minimum atomic E-state index is -0.465. The molecule has 0 saturated heterocycles. The van der Waals surface area contributed by atoms with Crippen LogP contribution in [0.4, 0.5) is 4.79 Å². The molecule has 0 saturated carbocycles. The number of amides is 2. The van der Waals surface area contributed by atoms with Crippen LogP contribution in [0, 0.1) is 22.7 Å². The second-order valence-corrected chi connectivity index (χ2v) is 2.66. The number of allylic oxidation sites excluding steroid dienone is 1. The van der Waals surface area contributed by atoms with Gasteiger partial charge in [-0.3, -0.25) is 0 Å². The van der Waals surface area contributed by atoms with E-state index < -0.39 is 6.03 Å². The Kier molecular flexibility index (Phi) is 8.51. The molecule has 0 aliphatic rings. The zero-order valence-corrected chi connectivity index (χ0v) is 11.0. The van der Waals surface area contributed by atoms with Gasteiger partial charge in [-0.15, -0.1) is 0 Å². The zero-order chi connectivity index (χ0) is 10.4. The summed E-state index contributed by atoms with van der Waals surface area (Å²) in [5, 5.41) is 18.8. The van der Waals surface area contributed by atoms with E-state index in [1.54, 1.807) is 12.1 Å². The average molecular weight is 218 g/mol. The number of carbonyl (C=O) groups is 1. The third-order valence-corrected chi connectivity index (χ3v) is 1.38. The van der Waals surface area contributed by atoms with Crippen LogP contribution in [0.2, 0.25) is 0 Å². The Hall–Kier alpha value is -0.790. The maximum atomic E-state index is 11.0. The van der Waals surface area contributed by atoms with E-state index in [1.807, 2.05) is 0 Å². The summed E-state index contributed by atoms with van der Waals surface area (Å²) < 4.78 is 0. The first-order valence-corrected chi connectivity index (χ1v) is 3.63. The predicted octanol–water partition coefficient (Wildman–Crippen LogP) is -2.93. The fraction of sp³-hybridized carbons (Fsp3) is 0.286. The van der Waals surface area contributed by atoms with Gasteiger partial charge in [-0.25, -0.2) is 4.79 Å². The van der Waals surface area contributed by atoms with Crippen LogP contribution in [-0.2, 0) is 12.6 Å². The Balaban J connectivity index is 0. The SMILES string of the molecule is CN(C)C(=O)NC([S-])=C(C#N)C#N.[Na+]. The molecule has 0 bridgehead atoms. The molecule has 0 heterocycles. The van der Waals surface area contributed by atoms with Crippen LogP contribution in [-0.4, -0.2) is 25.0 Å². The second-order valence-electron chi connectivity index (χ2n) is 2.25. The van der Waals surface area contributed by atoms with Crippen LogP contribution in [0.15, 0.2) is 10.6 Å². The van der Waals surface area contributed by atoms with E-state index in [0.717, 1.165) is 0 Å². The summed E-state index contributed by atoms with van der Waals surface area (Å²) in [6, 6.07) is 2.69. The van der Waals surface area contributed by atoms with Crippen molar-refractivity contribution in [3.63, 3.8) is 0 Å². The van der Waals surface area contributed by atoms with Gasteiger partial charge in [0.25, 0.3) is 0 Å². The van der Waals surface area contributed by atoms with Gasteiger partial charge < -0.3 is 22.8 Å². The van der Waals surface area contributed by atoms with Crippen molar-refractivity contribution in [2.45, 2.75) is 0 Å². The molecule has 0 fully saturated rings. The number of nitrogens with zero attached hydrogens (tertiary/aromatic N) is 3. The molecule has 2 amide bonds. The summed E-state index contributed by atoms with van der Waals surface area (Å²) in [6.45, 7) is 0. The standard InChI is InChI=1S/C7H8N4OS.Na/c1-11(2)7(12)10-6(13)5(3-8)4-9;/h13H,1-2H3,(H,10,12);/q;+1/p-1. The molecule has 0 atom stereocenters. The summed E-state index contributed by atoms with van der Waals surface area (Å²) in [5.74, 6) is 0. The molecule has 0 aliphatic heterocycles. The minimum absolute atomic E-state index is 0. The molecule has 0 aromatic heterocycles. The Bertz CT molecular complexity index is 310. The molecular formula is C7H7N4NaOS. The Labute approximate surface area is 110 Å². The number of urea groups is 1. The van der Waals surface area contributed by atoms with Crippen LogP contribution in [0.1, 0.15) is 0 Å². The Morgan fingerprint density at radius 1 is 1.36 bits per heavy atom. The molecule has 7 heteroatoms. The van der Waals surface area contributed by atoms with Crippen molar-refractivity contribution >= 4 is 18.7 Å². The maximum absolute atomic E-state index is 11.0. The number of carbonyl (C=O) groups excluding carboxylic acids is 1. The van der Waals surface area contributed by atoms with E-state index in [-0.39, 0.29) is 40.2 Å². The van der Waals surface area contributed by atoms with Crippen LogP contribution in [0.3, 0.4) is 0 Å². The minimum Gasteiger partial charge on any atom is -0.760 e. The quantitative estimate of drug-likeness (QED) is 0.290. The summed E-state index contributed by atoms with van der Waals surface area (Å²) in [5.41, 5.74) is -0.273. The smallest absolute Gasteiger partial charge is 0.760 e. The van der Waals surface area contributed by atoms with Gasteiger partial charge in [0, 0.05) is 14.1 Å². The first-order chi connectivity index (χ1) is 6.02. The molecule has 0 aliphatic carbocycles. The Morgan fingerprint density at radius 3 is 2.07 bits per heavy atom. The topological polar surface area (TPSA) is 79.9 Å². The van der Waals surface area contributed by atoms with Crippen molar-refractivity contribution in [2.75, 3.05) is 14.1 Å². The van der Waals surface area contributed by atoms with Gasteiger partial charge in [-0.1, -0.05) is 5.03 Å². The van der Waals surface area contributed by atoms with Gasteiger partial charge in [0.2, 0.25) is 0 Å². The van der Waals surface area contributed by atoms with Gasteiger partial charge in [0.05, 0.1) is 0 Å². The first kappa shape index (κ1) is 15.7. The Morgan fingerprint density at radius 2 is 1.79 bits per heavy atom. The maximum Gasteiger partial charge on any atom is 1.00 e. The molecule has 14 heavy (non-hydrogen) atoms. The van der Waals surface area contributed by atoms with Gasteiger partial charge in [0.15, 0.2) is 0 Å². The second kappa shape index (κ2) is 7.60. The summed E-state index contributed by atoms with van der Waals surface area (Å²) in [7, 11) is 3.05. The van der Waals surface area contributed by atoms with Crippen molar-refractivity contribution in [1.29, 1.82) is 10.5 Å². The molecular weight excluding hydrogens is 211 g/mol. The zero-order valence-electron chi connectivity index (χ0n) is 8.16. The third kappa shape index (κ3) is 5.05. The average Bonchev–Trinajstić information content (AvgIpc) is 2.06. The summed E-state index contributed by atoms with van der Waals surface area (Å²) in [4.78, 5) is 12.2. The van der Waals surface area contributed by atoms with Gasteiger partial charge in [-0.05, 0) is 0 Å².